The van der Waals surface area contributed by atoms with E-state index in [-0.39, 0.29) is 41.5 Å². The van der Waals surface area contributed by atoms with E-state index < -0.39 is 5.79 Å². The van der Waals surface area contributed by atoms with Gasteiger partial charge in [-0.25, -0.2) is 4.79 Å². The lowest BCUT2D eigenvalue weighted by atomic mass is 9.69. The van der Waals surface area contributed by atoms with Crippen molar-refractivity contribution in [2.75, 3.05) is 13.7 Å². The topological polar surface area (TPSA) is 77.5 Å². The number of carbonyl (C=O) groups is 1. The molecule has 0 saturated carbocycles. The van der Waals surface area contributed by atoms with E-state index in [1.165, 1.54) is 0 Å². The monoisotopic (exact) mass is 403 g/mol. The molecule has 7 nitrogen and oxygen atoms in total. The number of fused-ring (bicyclic) bond motifs is 1. The molecule has 1 spiro atoms. The van der Waals surface area contributed by atoms with E-state index in [0.717, 1.165) is 32.2 Å². The predicted octanol–water partition coefficient (Wildman–Crippen LogP) is 2.06. The van der Waals surface area contributed by atoms with Gasteiger partial charge in [0.05, 0.1) is 36.3 Å². The van der Waals surface area contributed by atoms with Crippen molar-refractivity contribution in [3.05, 3.63) is 22.9 Å². The highest BCUT2D eigenvalue weighted by Crippen LogP contribution is 2.73. The Morgan fingerprint density at radius 3 is 2.93 bits per heavy atom. The second-order valence-electron chi connectivity index (χ2n) is 9.58. The summed E-state index contributed by atoms with van der Waals surface area (Å²) in [4.78, 5) is 14.8. The lowest BCUT2D eigenvalue weighted by Gasteiger charge is -2.48. The second-order valence-corrected chi connectivity index (χ2v) is 9.58. The first-order valence-corrected chi connectivity index (χ1v) is 10.9. The maximum Gasteiger partial charge on any atom is 0.343 e. The van der Waals surface area contributed by atoms with Gasteiger partial charge in [-0.3, -0.25) is 4.90 Å². The lowest BCUT2D eigenvalue weighted by Crippen LogP contribution is -2.61. The SMILES string of the molecule is CC[C@H](O)C[C@@]12[C@@H]3C[C@H]4[C@H]5[C@H](C)/C(=C6\OC(=O)C(C)=C6OC)O[C@]5(O3)[C@@H]1CCN42. The minimum absolute atomic E-state index is 0.0649. The van der Waals surface area contributed by atoms with Crippen molar-refractivity contribution in [2.45, 2.75) is 76.0 Å². The van der Waals surface area contributed by atoms with Crippen LogP contribution < -0.4 is 0 Å². The van der Waals surface area contributed by atoms with Crippen LogP contribution in [0.25, 0.3) is 0 Å². The number of allylic oxidation sites excluding steroid dienone is 1. The van der Waals surface area contributed by atoms with Crippen LogP contribution >= 0.6 is 0 Å². The van der Waals surface area contributed by atoms with Crippen LogP contribution in [-0.2, 0) is 23.7 Å². The minimum Gasteiger partial charge on any atom is -0.492 e. The van der Waals surface area contributed by atoms with Crippen LogP contribution in [0.2, 0.25) is 0 Å². The highest BCUT2D eigenvalue weighted by Gasteiger charge is 2.84. The molecule has 6 heterocycles. The molecule has 0 aliphatic carbocycles. The Hall–Kier alpha value is -1.57. The molecule has 6 rings (SSSR count). The minimum atomic E-state index is -0.683. The highest BCUT2D eigenvalue weighted by molar-refractivity contribution is 5.93. The number of aliphatic hydroxyl groups excluding tert-OH is 1. The summed E-state index contributed by atoms with van der Waals surface area (Å²) >= 11 is 0. The predicted molar refractivity (Wildman–Crippen MR) is 101 cm³/mol. The molecule has 0 amide bonds. The summed E-state index contributed by atoms with van der Waals surface area (Å²) in [6, 6.07) is 0.373. The molecule has 0 aromatic rings. The Kier molecular flexibility index (Phi) is 3.49. The van der Waals surface area contributed by atoms with Gasteiger partial charge in [0, 0.05) is 17.9 Å². The maximum absolute atomic E-state index is 12.2. The van der Waals surface area contributed by atoms with Crippen molar-refractivity contribution < 1.29 is 28.8 Å². The molecule has 0 aromatic heterocycles. The van der Waals surface area contributed by atoms with Crippen molar-refractivity contribution in [3.8, 4) is 0 Å². The van der Waals surface area contributed by atoms with Crippen LogP contribution in [0.4, 0.5) is 0 Å². The van der Waals surface area contributed by atoms with Gasteiger partial charge in [0.25, 0.3) is 0 Å². The summed E-state index contributed by atoms with van der Waals surface area (Å²) in [7, 11) is 1.56. The first kappa shape index (κ1) is 18.2. The molecule has 6 aliphatic heterocycles. The van der Waals surface area contributed by atoms with Crippen LogP contribution in [0.5, 0.6) is 0 Å². The number of carbonyl (C=O) groups excluding carboxylic acids is 1. The second kappa shape index (κ2) is 5.56. The molecule has 5 fully saturated rings. The third-order valence-corrected chi connectivity index (χ3v) is 8.63. The van der Waals surface area contributed by atoms with Crippen molar-refractivity contribution in [3.63, 3.8) is 0 Å². The number of ether oxygens (including phenoxy) is 4. The van der Waals surface area contributed by atoms with Crippen LogP contribution in [0.15, 0.2) is 22.9 Å². The summed E-state index contributed by atoms with van der Waals surface area (Å²) < 4.78 is 24.5. The van der Waals surface area contributed by atoms with E-state index >= 15 is 0 Å². The van der Waals surface area contributed by atoms with Gasteiger partial charge < -0.3 is 24.1 Å². The molecule has 9 atom stereocenters. The Balaban J connectivity index is 1.46. The number of hydrogen-bond donors (Lipinski definition) is 1. The Morgan fingerprint density at radius 2 is 2.21 bits per heavy atom. The molecule has 0 radical (unpaired) electrons. The molecule has 158 valence electrons. The van der Waals surface area contributed by atoms with E-state index in [1.807, 2.05) is 6.92 Å². The molecular weight excluding hydrogens is 374 g/mol. The van der Waals surface area contributed by atoms with Gasteiger partial charge in [-0.1, -0.05) is 13.8 Å². The number of cyclic esters (lactones) is 1. The normalized spacial score (nSPS) is 52.2. The van der Waals surface area contributed by atoms with Crippen molar-refractivity contribution >= 4 is 5.97 Å². The van der Waals surface area contributed by atoms with Gasteiger partial charge in [-0.05, 0) is 39.2 Å². The number of aliphatic hydroxyl groups is 1. The fourth-order valence-electron chi connectivity index (χ4n) is 7.61. The fourth-order valence-corrected chi connectivity index (χ4v) is 7.61. The quantitative estimate of drug-likeness (QED) is 0.720. The van der Waals surface area contributed by atoms with Gasteiger partial charge >= 0.3 is 5.97 Å². The zero-order valence-electron chi connectivity index (χ0n) is 17.4. The first-order valence-electron chi connectivity index (χ1n) is 10.9. The van der Waals surface area contributed by atoms with Gasteiger partial charge in [-0.15, -0.1) is 0 Å². The van der Waals surface area contributed by atoms with E-state index in [9.17, 15) is 9.90 Å². The van der Waals surface area contributed by atoms with Gasteiger partial charge in [0.2, 0.25) is 11.5 Å². The number of nitrogens with zero attached hydrogens (tertiary/aromatic N) is 1. The van der Waals surface area contributed by atoms with E-state index in [1.54, 1.807) is 14.0 Å². The van der Waals surface area contributed by atoms with Crippen LogP contribution in [0, 0.1) is 17.8 Å². The average Bonchev–Trinajstić information content (AvgIpc) is 3.40. The molecule has 5 saturated heterocycles. The summed E-state index contributed by atoms with van der Waals surface area (Å²) in [5.74, 6) is 0.990. The van der Waals surface area contributed by atoms with Crippen LogP contribution in [-0.4, -0.2) is 59.2 Å². The molecule has 1 N–H and O–H groups in total. The summed E-state index contributed by atoms with van der Waals surface area (Å²) in [6.07, 6.45) is 3.26. The molecule has 0 aromatic carbocycles. The largest absolute Gasteiger partial charge is 0.492 e. The molecule has 6 aliphatic rings. The zero-order valence-corrected chi connectivity index (χ0v) is 17.4. The molecule has 5 bridgehead atoms. The maximum atomic E-state index is 12.2. The van der Waals surface area contributed by atoms with E-state index in [0.29, 0.717) is 28.9 Å². The Labute approximate surface area is 170 Å². The molecular formula is C22H29NO6. The van der Waals surface area contributed by atoms with E-state index in [4.69, 9.17) is 18.9 Å². The number of methoxy groups -OCH3 is 1. The fraction of sp³-hybridized carbons (Fsp3) is 0.773. The Morgan fingerprint density at radius 1 is 1.41 bits per heavy atom. The van der Waals surface area contributed by atoms with E-state index in [2.05, 4.69) is 11.8 Å². The van der Waals surface area contributed by atoms with Crippen LogP contribution in [0.1, 0.15) is 46.5 Å². The number of piperidine rings is 1. The summed E-state index contributed by atoms with van der Waals surface area (Å²) in [5.41, 5.74) is 0.346. The molecule has 1 unspecified atom stereocenters. The summed E-state index contributed by atoms with van der Waals surface area (Å²) in [6.45, 7) is 6.95. The van der Waals surface area contributed by atoms with Crippen molar-refractivity contribution in [1.82, 2.24) is 4.90 Å². The van der Waals surface area contributed by atoms with Crippen molar-refractivity contribution in [2.24, 2.45) is 17.8 Å². The molecule has 7 heteroatoms. The molecule has 29 heavy (non-hydrogen) atoms. The van der Waals surface area contributed by atoms with Gasteiger partial charge in [0.1, 0.15) is 5.76 Å². The average molecular weight is 403 g/mol. The first-order chi connectivity index (χ1) is 13.9. The highest BCUT2D eigenvalue weighted by atomic mass is 16.7. The van der Waals surface area contributed by atoms with Gasteiger partial charge in [0.15, 0.2) is 5.76 Å². The number of esters is 1. The Bertz CT molecular complexity index is 865. The lowest BCUT2D eigenvalue weighted by molar-refractivity contribution is -0.256. The van der Waals surface area contributed by atoms with Gasteiger partial charge in [-0.2, -0.15) is 0 Å². The standard InChI is InChI=1S/C22H29NO6/c1-5-12(24)9-21-14-6-7-23(21)13-8-15(21)28-22(14)16(13)10(2)18(29-22)19-17(26-4)11(3)20(25)27-19/h10,12-16,24H,5-9H2,1-4H3/b19-18+/t10-,12-,13-,14+,15-,16+,21-,22+/m0/s1. The number of rotatable bonds is 4. The summed E-state index contributed by atoms with van der Waals surface area (Å²) in [5, 5.41) is 10.6. The van der Waals surface area contributed by atoms with Crippen LogP contribution in [0.3, 0.4) is 0 Å². The zero-order chi connectivity index (χ0) is 20.3. The third kappa shape index (κ3) is 1.85. The van der Waals surface area contributed by atoms with Crippen molar-refractivity contribution in [1.29, 1.82) is 0 Å². The third-order valence-electron chi connectivity index (χ3n) is 8.63. The smallest absolute Gasteiger partial charge is 0.343 e. The number of hydrogen-bond acceptors (Lipinski definition) is 7.